The van der Waals surface area contributed by atoms with Crippen molar-refractivity contribution in [1.82, 2.24) is 5.32 Å². The molecular weight excluding hydrogens is 279 g/mol. The molecule has 0 saturated heterocycles. The Bertz CT molecular complexity index is 573. The predicted molar refractivity (Wildman–Crippen MR) is 59.1 cm³/mol. The van der Waals surface area contributed by atoms with Crippen LogP contribution >= 0.6 is 0 Å². The number of aliphatic hydroxyl groups is 1. The van der Waals surface area contributed by atoms with Crippen LogP contribution in [0.1, 0.15) is 29.7 Å². The Hall–Kier alpha value is -1.96. The molecule has 2 atom stereocenters. The van der Waals surface area contributed by atoms with Gasteiger partial charge in [-0.1, -0.05) is 0 Å². The standard InChI is InChI=1S/C12H10F3NO4/c13-12(14,15)11(18)16-7-3-8(17)6-2-10-9(1-5(6)7)19-4-20-10/h1-2,7-8,17H,3-4H2,(H,16,18)/t7-,8-/m0/s1. The first-order valence-corrected chi connectivity index (χ1v) is 5.85. The van der Waals surface area contributed by atoms with E-state index < -0.39 is 24.2 Å². The fourth-order valence-corrected chi connectivity index (χ4v) is 2.42. The van der Waals surface area contributed by atoms with E-state index in [2.05, 4.69) is 0 Å². The zero-order chi connectivity index (χ0) is 14.5. The Morgan fingerprint density at radius 2 is 1.85 bits per heavy atom. The molecular formula is C12H10F3NO4. The van der Waals surface area contributed by atoms with E-state index in [1.165, 1.54) is 12.1 Å². The van der Waals surface area contributed by atoms with Gasteiger partial charge in [-0.25, -0.2) is 0 Å². The number of nitrogens with one attached hydrogen (secondary N) is 1. The van der Waals surface area contributed by atoms with E-state index in [1.54, 1.807) is 0 Å². The van der Waals surface area contributed by atoms with E-state index >= 15 is 0 Å². The SMILES string of the molecule is O=C(N[C@H]1C[C@H](O)c2cc3c(cc21)OCO3)C(F)(F)F. The highest BCUT2D eigenvalue weighted by Gasteiger charge is 2.42. The number of hydrogen-bond acceptors (Lipinski definition) is 4. The van der Waals surface area contributed by atoms with Crippen LogP contribution in [0.4, 0.5) is 13.2 Å². The highest BCUT2D eigenvalue weighted by molar-refractivity contribution is 5.82. The van der Waals surface area contributed by atoms with Crippen LogP contribution in [0.2, 0.25) is 0 Å². The van der Waals surface area contributed by atoms with E-state index in [0.717, 1.165) is 0 Å². The third-order valence-corrected chi connectivity index (χ3v) is 3.33. The number of alkyl halides is 3. The Morgan fingerprint density at radius 3 is 2.45 bits per heavy atom. The maximum absolute atomic E-state index is 12.3. The Labute approximate surface area is 111 Å². The lowest BCUT2D eigenvalue weighted by molar-refractivity contribution is -0.174. The van der Waals surface area contributed by atoms with Crippen molar-refractivity contribution in [3.63, 3.8) is 0 Å². The minimum absolute atomic E-state index is 0.0138. The van der Waals surface area contributed by atoms with Crippen LogP contribution in [0.25, 0.3) is 0 Å². The first-order chi connectivity index (χ1) is 9.36. The van der Waals surface area contributed by atoms with Crippen LogP contribution in [-0.4, -0.2) is 24.0 Å². The van der Waals surface area contributed by atoms with Crippen molar-refractivity contribution >= 4 is 5.91 Å². The van der Waals surface area contributed by atoms with E-state index in [0.29, 0.717) is 22.6 Å². The molecule has 8 heteroatoms. The largest absolute Gasteiger partial charge is 0.471 e. The fraction of sp³-hybridized carbons (Fsp3) is 0.417. The molecule has 2 N–H and O–H groups in total. The van der Waals surface area contributed by atoms with Crippen molar-refractivity contribution in [3.05, 3.63) is 23.3 Å². The molecule has 20 heavy (non-hydrogen) atoms. The second-order valence-corrected chi connectivity index (χ2v) is 4.61. The highest BCUT2D eigenvalue weighted by Crippen LogP contribution is 2.45. The van der Waals surface area contributed by atoms with Gasteiger partial charge in [0, 0.05) is 6.42 Å². The van der Waals surface area contributed by atoms with Crippen LogP contribution in [0.15, 0.2) is 12.1 Å². The summed E-state index contributed by atoms with van der Waals surface area (Å²) >= 11 is 0. The molecule has 1 aliphatic carbocycles. The number of fused-ring (bicyclic) bond motifs is 2. The molecule has 0 fully saturated rings. The molecule has 1 aliphatic heterocycles. The normalized spacial score (nSPS) is 23.6. The predicted octanol–water partition coefficient (Wildman–Crippen LogP) is 1.57. The summed E-state index contributed by atoms with van der Waals surface area (Å²) in [5.74, 6) is -1.20. The van der Waals surface area contributed by atoms with Crippen molar-refractivity contribution in [3.8, 4) is 11.5 Å². The van der Waals surface area contributed by atoms with Gasteiger partial charge in [0.25, 0.3) is 0 Å². The summed E-state index contributed by atoms with van der Waals surface area (Å²) in [6.45, 7) is 0.0217. The average molecular weight is 289 g/mol. The zero-order valence-corrected chi connectivity index (χ0v) is 10.0. The summed E-state index contributed by atoms with van der Waals surface area (Å²) in [7, 11) is 0. The van der Waals surface area contributed by atoms with Crippen molar-refractivity contribution in [2.45, 2.75) is 24.7 Å². The van der Waals surface area contributed by atoms with Crippen LogP contribution in [-0.2, 0) is 4.79 Å². The second-order valence-electron chi connectivity index (χ2n) is 4.61. The van der Waals surface area contributed by atoms with Crippen molar-refractivity contribution in [2.24, 2.45) is 0 Å². The first-order valence-electron chi connectivity index (χ1n) is 5.85. The number of carbonyl (C=O) groups excluding carboxylic acids is 1. The molecule has 0 unspecified atom stereocenters. The number of amides is 1. The fourth-order valence-electron chi connectivity index (χ4n) is 2.42. The first kappa shape index (κ1) is 13.0. The summed E-state index contributed by atoms with van der Waals surface area (Å²) in [6.07, 6.45) is -5.91. The second kappa shape index (κ2) is 4.27. The molecule has 3 rings (SSSR count). The Morgan fingerprint density at radius 1 is 1.25 bits per heavy atom. The van der Waals surface area contributed by atoms with Gasteiger partial charge in [-0.3, -0.25) is 4.79 Å². The molecule has 0 bridgehead atoms. The molecule has 1 aromatic carbocycles. The van der Waals surface area contributed by atoms with Gasteiger partial charge < -0.3 is 19.9 Å². The topological polar surface area (TPSA) is 67.8 Å². The molecule has 0 saturated carbocycles. The van der Waals surface area contributed by atoms with Crippen molar-refractivity contribution in [2.75, 3.05) is 6.79 Å². The lowest BCUT2D eigenvalue weighted by Gasteiger charge is -2.15. The maximum Gasteiger partial charge on any atom is 0.471 e. The molecule has 108 valence electrons. The smallest absolute Gasteiger partial charge is 0.454 e. The number of halogens is 3. The number of hydrogen-bond donors (Lipinski definition) is 2. The summed E-state index contributed by atoms with van der Waals surface area (Å²) in [5, 5.41) is 11.7. The number of ether oxygens (including phenoxy) is 2. The molecule has 1 aromatic rings. The van der Waals surface area contributed by atoms with Crippen molar-refractivity contribution in [1.29, 1.82) is 0 Å². The molecule has 0 spiro atoms. The van der Waals surface area contributed by atoms with Crippen molar-refractivity contribution < 1.29 is 32.5 Å². The van der Waals surface area contributed by atoms with Crippen LogP contribution in [0.3, 0.4) is 0 Å². The minimum atomic E-state index is -4.95. The van der Waals surface area contributed by atoms with Gasteiger partial charge in [-0.15, -0.1) is 0 Å². The Kier molecular flexibility index (Phi) is 2.79. The molecule has 5 nitrogen and oxygen atoms in total. The van der Waals surface area contributed by atoms with Crippen LogP contribution < -0.4 is 14.8 Å². The minimum Gasteiger partial charge on any atom is -0.454 e. The van der Waals surface area contributed by atoms with Gasteiger partial charge in [-0.05, 0) is 23.3 Å². The quantitative estimate of drug-likeness (QED) is 0.823. The molecule has 2 aliphatic rings. The number of aliphatic hydroxyl groups excluding tert-OH is 1. The lowest BCUT2D eigenvalue weighted by atomic mass is 10.1. The van der Waals surface area contributed by atoms with Crippen LogP contribution in [0.5, 0.6) is 11.5 Å². The number of benzene rings is 1. The van der Waals surface area contributed by atoms with Crippen LogP contribution in [0, 0.1) is 0 Å². The third-order valence-electron chi connectivity index (χ3n) is 3.33. The average Bonchev–Trinajstić information content (AvgIpc) is 2.92. The van der Waals surface area contributed by atoms with E-state index in [4.69, 9.17) is 9.47 Å². The van der Waals surface area contributed by atoms with E-state index in [9.17, 15) is 23.1 Å². The van der Waals surface area contributed by atoms with E-state index in [-0.39, 0.29) is 13.2 Å². The molecule has 1 amide bonds. The van der Waals surface area contributed by atoms with Gasteiger partial charge in [0.2, 0.25) is 6.79 Å². The van der Waals surface area contributed by atoms with Gasteiger partial charge >= 0.3 is 12.1 Å². The molecule has 0 radical (unpaired) electrons. The summed E-state index contributed by atoms with van der Waals surface area (Å²) in [5.41, 5.74) is 0.862. The molecule has 1 heterocycles. The molecule has 0 aromatic heterocycles. The summed E-state index contributed by atoms with van der Waals surface area (Å²) in [4.78, 5) is 11.0. The third kappa shape index (κ3) is 2.05. The summed E-state index contributed by atoms with van der Waals surface area (Å²) < 4.78 is 47.1. The lowest BCUT2D eigenvalue weighted by Crippen LogP contribution is -2.38. The zero-order valence-electron chi connectivity index (χ0n) is 10.0. The van der Waals surface area contributed by atoms with Gasteiger partial charge in [0.1, 0.15) is 0 Å². The van der Waals surface area contributed by atoms with E-state index in [1.807, 2.05) is 5.32 Å². The van der Waals surface area contributed by atoms with Gasteiger partial charge in [-0.2, -0.15) is 13.2 Å². The monoisotopic (exact) mass is 289 g/mol. The van der Waals surface area contributed by atoms with Gasteiger partial charge in [0.05, 0.1) is 12.1 Å². The number of carbonyl (C=O) groups is 1. The van der Waals surface area contributed by atoms with Gasteiger partial charge in [0.15, 0.2) is 11.5 Å². The Balaban J connectivity index is 1.90. The number of rotatable bonds is 1. The maximum atomic E-state index is 12.3. The highest BCUT2D eigenvalue weighted by atomic mass is 19.4. The summed E-state index contributed by atoms with van der Waals surface area (Å²) in [6, 6.07) is 2.13.